The fourth-order valence-corrected chi connectivity index (χ4v) is 3.22. The number of ether oxygens (including phenoxy) is 1. The molecular formula is C18H21NO5. The Bertz CT molecular complexity index is 794. The maximum absolute atomic E-state index is 12.6. The van der Waals surface area contributed by atoms with Crippen molar-refractivity contribution >= 4 is 22.8 Å². The number of carbonyl (C=O) groups excluding carboxylic acids is 1. The van der Waals surface area contributed by atoms with E-state index in [0.29, 0.717) is 13.0 Å². The number of carboxylic acids is 1. The number of carboxylic acid groups (broad SMARTS) is 1. The normalized spacial score (nSPS) is 20.7. The fraction of sp³-hybridized carbons (Fsp3) is 0.444. The predicted octanol–water partition coefficient (Wildman–Crippen LogP) is 2.29. The molecule has 0 aliphatic carbocycles. The number of hydrogen-bond donors (Lipinski definition) is 1. The highest BCUT2D eigenvalue weighted by molar-refractivity contribution is 5.90. The number of aliphatic carboxylic acids is 1. The van der Waals surface area contributed by atoms with E-state index in [0.717, 1.165) is 27.7 Å². The van der Waals surface area contributed by atoms with Crippen molar-refractivity contribution in [1.29, 1.82) is 0 Å². The molecule has 1 aliphatic heterocycles. The van der Waals surface area contributed by atoms with E-state index in [4.69, 9.17) is 9.15 Å². The lowest BCUT2D eigenvalue weighted by molar-refractivity contribution is -0.147. The topological polar surface area (TPSA) is 80.0 Å². The number of nitrogens with zero attached hydrogens (tertiary/aromatic N) is 1. The van der Waals surface area contributed by atoms with Crippen LogP contribution >= 0.6 is 0 Å². The van der Waals surface area contributed by atoms with Gasteiger partial charge in [-0.05, 0) is 37.1 Å². The molecule has 0 radical (unpaired) electrons. The minimum atomic E-state index is -0.994. The molecule has 1 aliphatic rings. The zero-order valence-corrected chi connectivity index (χ0v) is 14.0. The van der Waals surface area contributed by atoms with Gasteiger partial charge in [-0.1, -0.05) is 0 Å². The van der Waals surface area contributed by atoms with Crippen LogP contribution in [0.5, 0.6) is 0 Å². The van der Waals surface area contributed by atoms with Crippen LogP contribution in [0.4, 0.5) is 0 Å². The lowest BCUT2D eigenvalue weighted by Gasteiger charge is -2.21. The molecule has 1 aromatic heterocycles. The van der Waals surface area contributed by atoms with Crippen molar-refractivity contribution in [3.05, 3.63) is 35.1 Å². The largest absolute Gasteiger partial charge is 0.480 e. The summed E-state index contributed by atoms with van der Waals surface area (Å²) < 4.78 is 10.8. The molecule has 24 heavy (non-hydrogen) atoms. The minimum Gasteiger partial charge on any atom is -0.480 e. The van der Waals surface area contributed by atoms with Crippen LogP contribution in [-0.4, -0.2) is 47.7 Å². The van der Waals surface area contributed by atoms with Crippen molar-refractivity contribution in [3.8, 4) is 0 Å². The van der Waals surface area contributed by atoms with Crippen molar-refractivity contribution < 1.29 is 23.8 Å². The third-order valence-corrected chi connectivity index (χ3v) is 4.81. The van der Waals surface area contributed by atoms with E-state index in [2.05, 4.69) is 0 Å². The molecule has 2 unspecified atom stereocenters. The van der Waals surface area contributed by atoms with Crippen molar-refractivity contribution in [3.63, 3.8) is 0 Å². The zero-order valence-electron chi connectivity index (χ0n) is 14.0. The van der Waals surface area contributed by atoms with Crippen LogP contribution in [0.15, 0.2) is 22.8 Å². The molecule has 0 saturated carbocycles. The summed E-state index contributed by atoms with van der Waals surface area (Å²) in [6.07, 6.45) is 1.79. The van der Waals surface area contributed by atoms with Gasteiger partial charge < -0.3 is 19.2 Å². The second-order valence-electron chi connectivity index (χ2n) is 6.36. The number of carbonyl (C=O) groups is 2. The van der Waals surface area contributed by atoms with Gasteiger partial charge >= 0.3 is 5.97 Å². The van der Waals surface area contributed by atoms with Crippen molar-refractivity contribution in [2.45, 2.75) is 38.8 Å². The number of methoxy groups -OCH3 is 1. The Morgan fingerprint density at radius 3 is 2.71 bits per heavy atom. The van der Waals surface area contributed by atoms with Gasteiger partial charge in [0.2, 0.25) is 5.91 Å². The number of amides is 1. The lowest BCUT2D eigenvalue weighted by Crippen LogP contribution is -2.41. The van der Waals surface area contributed by atoms with Gasteiger partial charge in [0.25, 0.3) is 0 Å². The maximum Gasteiger partial charge on any atom is 0.326 e. The lowest BCUT2D eigenvalue weighted by atomic mass is 10.0. The van der Waals surface area contributed by atoms with Crippen molar-refractivity contribution in [1.82, 2.24) is 4.90 Å². The SMILES string of the molecule is COC1CC(C(=O)O)N(C(=O)Cc2coc3cc(C)c(C)cc23)C1. The van der Waals surface area contributed by atoms with Gasteiger partial charge in [-0.2, -0.15) is 0 Å². The van der Waals surface area contributed by atoms with Gasteiger partial charge in [0.15, 0.2) is 0 Å². The van der Waals surface area contributed by atoms with Crippen molar-refractivity contribution in [2.75, 3.05) is 13.7 Å². The van der Waals surface area contributed by atoms with Crippen molar-refractivity contribution in [2.24, 2.45) is 0 Å². The first kappa shape index (κ1) is 16.5. The smallest absolute Gasteiger partial charge is 0.326 e. The number of hydrogen-bond acceptors (Lipinski definition) is 4. The van der Waals surface area contributed by atoms with Crippen LogP contribution in [0.25, 0.3) is 11.0 Å². The Balaban J connectivity index is 1.84. The molecule has 2 aromatic rings. The van der Waals surface area contributed by atoms with Crippen LogP contribution in [0.2, 0.25) is 0 Å². The Hall–Kier alpha value is -2.34. The first-order valence-corrected chi connectivity index (χ1v) is 7.93. The summed E-state index contributed by atoms with van der Waals surface area (Å²) >= 11 is 0. The van der Waals surface area contributed by atoms with Crippen LogP contribution < -0.4 is 0 Å². The first-order chi connectivity index (χ1) is 11.4. The number of fused-ring (bicyclic) bond motifs is 1. The van der Waals surface area contributed by atoms with Gasteiger partial charge in [-0.25, -0.2) is 4.79 Å². The summed E-state index contributed by atoms with van der Waals surface area (Å²) in [6.45, 7) is 4.33. The van der Waals surface area contributed by atoms with Gasteiger partial charge in [0.05, 0.1) is 18.8 Å². The molecule has 1 aromatic carbocycles. The highest BCUT2D eigenvalue weighted by Crippen LogP contribution is 2.27. The molecule has 1 fully saturated rings. The summed E-state index contributed by atoms with van der Waals surface area (Å²) in [5.41, 5.74) is 3.78. The Kier molecular flexibility index (Phi) is 4.32. The van der Waals surface area contributed by atoms with E-state index < -0.39 is 12.0 Å². The van der Waals surface area contributed by atoms with Crippen LogP contribution in [0.1, 0.15) is 23.1 Å². The molecule has 0 bridgehead atoms. The average Bonchev–Trinajstić information content (AvgIpc) is 3.13. The van der Waals surface area contributed by atoms with E-state index >= 15 is 0 Å². The molecular weight excluding hydrogens is 310 g/mol. The standard InChI is InChI=1S/C18H21NO5/c1-10-4-14-12(9-24-16(14)5-11(10)2)6-17(20)19-8-13(23-3)7-15(19)18(21)22/h4-5,9,13,15H,6-8H2,1-3H3,(H,21,22). The molecule has 6 nitrogen and oxygen atoms in total. The molecule has 6 heteroatoms. The van der Waals surface area contributed by atoms with E-state index in [-0.39, 0.29) is 18.4 Å². The second kappa shape index (κ2) is 6.28. The summed E-state index contributed by atoms with van der Waals surface area (Å²) in [5.74, 6) is -1.21. The summed E-state index contributed by atoms with van der Waals surface area (Å²) in [6, 6.07) is 3.13. The van der Waals surface area contributed by atoms with E-state index in [1.54, 1.807) is 6.26 Å². The minimum absolute atomic E-state index is 0.121. The quantitative estimate of drug-likeness (QED) is 0.930. The zero-order chi connectivity index (χ0) is 17.4. The molecule has 1 amide bonds. The Morgan fingerprint density at radius 2 is 2.04 bits per heavy atom. The highest BCUT2D eigenvalue weighted by Gasteiger charge is 2.39. The van der Waals surface area contributed by atoms with Gasteiger partial charge in [-0.3, -0.25) is 4.79 Å². The molecule has 1 N–H and O–H groups in total. The summed E-state index contributed by atoms with van der Waals surface area (Å²) in [7, 11) is 1.53. The monoisotopic (exact) mass is 331 g/mol. The van der Waals surface area contributed by atoms with Gasteiger partial charge in [0, 0.05) is 31.0 Å². The summed E-state index contributed by atoms with van der Waals surface area (Å²) in [4.78, 5) is 25.5. The van der Waals surface area contributed by atoms with E-state index in [9.17, 15) is 14.7 Å². The molecule has 2 heterocycles. The van der Waals surface area contributed by atoms with Crippen LogP contribution in [0.3, 0.4) is 0 Å². The second-order valence-corrected chi connectivity index (χ2v) is 6.36. The van der Waals surface area contributed by atoms with Crippen LogP contribution in [0, 0.1) is 13.8 Å². The van der Waals surface area contributed by atoms with Crippen LogP contribution in [-0.2, 0) is 20.7 Å². The van der Waals surface area contributed by atoms with Gasteiger partial charge in [-0.15, -0.1) is 0 Å². The molecule has 1 saturated heterocycles. The number of benzene rings is 1. The third kappa shape index (κ3) is 2.89. The Labute approximate surface area is 140 Å². The number of aryl methyl sites for hydroxylation is 2. The molecule has 128 valence electrons. The van der Waals surface area contributed by atoms with Gasteiger partial charge in [0.1, 0.15) is 11.6 Å². The maximum atomic E-state index is 12.6. The third-order valence-electron chi connectivity index (χ3n) is 4.81. The number of rotatable bonds is 4. The van der Waals surface area contributed by atoms with E-state index in [1.807, 2.05) is 26.0 Å². The highest BCUT2D eigenvalue weighted by atomic mass is 16.5. The summed E-state index contributed by atoms with van der Waals surface area (Å²) in [5, 5.41) is 10.2. The fourth-order valence-electron chi connectivity index (χ4n) is 3.22. The first-order valence-electron chi connectivity index (χ1n) is 7.93. The predicted molar refractivity (Wildman–Crippen MR) is 87.9 cm³/mol. The Morgan fingerprint density at radius 1 is 1.33 bits per heavy atom. The molecule has 3 rings (SSSR count). The average molecular weight is 331 g/mol. The number of furan rings is 1. The molecule has 2 atom stereocenters. The number of likely N-dealkylation sites (tertiary alicyclic amines) is 1. The van der Waals surface area contributed by atoms with E-state index in [1.165, 1.54) is 12.0 Å². The molecule has 0 spiro atoms.